The highest BCUT2D eigenvalue weighted by atomic mass is 19.1. The Labute approximate surface area is 167 Å². The molecule has 3 aromatic rings. The highest BCUT2D eigenvalue weighted by molar-refractivity contribution is 6.03. The van der Waals surface area contributed by atoms with E-state index in [2.05, 4.69) is 5.10 Å². The largest absolute Gasteiger partial charge is 0.324 e. The number of ketones is 1. The predicted molar refractivity (Wildman–Crippen MR) is 108 cm³/mol. The maximum Gasteiger partial charge on any atom is 0.324 e. The predicted octanol–water partition coefficient (Wildman–Crippen LogP) is 3.92. The van der Waals surface area contributed by atoms with E-state index in [0.717, 1.165) is 29.4 Å². The van der Waals surface area contributed by atoms with Crippen LogP contribution in [0.1, 0.15) is 25.7 Å². The minimum absolute atomic E-state index is 0.0320. The number of Topliss-reactive ketones (excluding diaryl/α,β-unsaturated/α-hetero) is 1. The molecule has 2 aliphatic rings. The smallest absolute Gasteiger partial charge is 0.320 e. The maximum absolute atomic E-state index is 14.3. The summed E-state index contributed by atoms with van der Waals surface area (Å²) in [5.41, 5.74) is 1.91. The van der Waals surface area contributed by atoms with Crippen LogP contribution in [0.25, 0.3) is 16.6 Å². The van der Waals surface area contributed by atoms with Crippen LogP contribution in [-0.4, -0.2) is 45.6 Å². The molecule has 1 aliphatic heterocycles. The highest BCUT2D eigenvalue weighted by Crippen LogP contribution is 2.33. The minimum atomic E-state index is -0.349. The number of carbonyl (C=O) groups is 2. The van der Waals surface area contributed by atoms with E-state index >= 15 is 0 Å². The Morgan fingerprint density at radius 1 is 0.931 bits per heavy atom. The van der Waals surface area contributed by atoms with Crippen LogP contribution in [0.4, 0.5) is 14.9 Å². The standard InChI is InChI=1S/C22H21FN4O2/c23-18-4-1-2-5-21(18)27-20-7-3-6-19(17(20)14-24-27)26-13-12-25(22(26)29)15-8-10-16(28)11-9-15/h1-7,14-15H,8-13H2. The summed E-state index contributed by atoms with van der Waals surface area (Å²) in [6.07, 6.45) is 4.28. The zero-order chi connectivity index (χ0) is 20.0. The Kier molecular flexibility index (Phi) is 4.30. The number of nitrogens with zero attached hydrogens (tertiary/aromatic N) is 4. The highest BCUT2D eigenvalue weighted by Gasteiger charge is 2.36. The van der Waals surface area contributed by atoms with E-state index in [0.29, 0.717) is 31.6 Å². The fourth-order valence-corrected chi connectivity index (χ4v) is 4.44. The van der Waals surface area contributed by atoms with E-state index in [9.17, 15) is 14.0 Å². The first-order valence-corrected chi connectivity index (χ1v) is 9.95. The molecule has 1 aliphatic carbocycles. The number of halogens is 1. The molecule has 0 radical (unpaired) electrons. The van der Waals surface area contributed by atoms with Crippen molar-refractivity contribution >= 4 is 28.4 Å². The Morgan fingerprint density at radius 2 is 1.69 bits per heavy atom. The van der Waals surface area contributed by atoms with E-state index in [1.807, 2.05) is 23.1 Å². The number of benzene rings is 2. The van der Waals surface area contributed by atoms with Gasteiger partial charge in [-0.3, -0.25) is 9.69 Å². The van der Waals surface area contributed by atoms with Gasteiger partial charge < -0.3 is 4.90 Å². The van der Waals surface area contributed by atoms with Crippen LogP contribution in [0, 0.1) is 5.82 Å². The number of para-hydroxylation sites is 1. The molecule has 2 fully saturated rings. The van der Waals surface area contributed by atoms with Crippen LogP contribution in [0.3, 0.4) is 0 Å². The zero-order valence-electron chi connectivity index (χ0n) is 15.9. The van der Waals surface area contributed by atoms with Gasteiger partial charge in [-0.2, -0.15) is 5.10 Å². The van der Waals surface area contributed by atoms with Gasteiger partial charge >= 0.3 is 6.03 Å². The Balaban J connectivity index is 1.48. The second-order valence-electron chi connectivity index (χ2n) is 7.62. The van der Waals surface area contributed by atoms with Crippen molar-refractivity contribution in [1.29, 1.82) is 0 Å². The van der Waals surface area contributed by atoms with Crippen molar-refractivity contribution in [3.8, 4) is 5.69 Å². The quantitative estimate of drug-likeness (QED) is 0.679. The third kappa shape index (κ3) is 2.97. The van der Waals surface area contributed by atoms with Gasteiger partial charge in [0.25, 0.3) is 0 Å². The molecule has 1 aromatic heterocycles. The van der Waals surface area contributed by atoms with Crippen molar-refractivity contribution in [3.63, 3.8) is 0 Å². The van der Waals surface area contributed by atoms with Gasteiger partial charge in [-0.25, -0.2) is 13.9 Å². The van der Waals surface area contributed by atoms with Crippen LogP contribution in [0.2, 0.25) is 0 Å². The normalized spacial score (nSPS) is 18.2. The number of urea groups is 1. The number of aromatic nitrogens is 2. The van der Waals surface area contributed by atoms with Gasteiger partial charge in [0.1, 0.15) is 17.3 Å². The van der Waals surface area contributed by atoms with Crippen LogP contribution in [0.15, 0.2) is 48.7 Å². The van der Waals surface area contributed by atoms with Crippen molar-refractivity contribution in [2.24, 2.45) is 0 Å². The van der Waals surface area contributed by atoms with E-state index in [1.165, 1.54) is 6.07 Å². The second kappa shape index (κ2) is 6.99. The summed E-state index contributed by atoms with van der Waals surface area (Å²) in [6.45, 7) is 1.24. The van der Waals surface area contributed by atoms with E-state index < -0.39 is 0 Å². The number of hydrogen-bond acceptors (Lipinski definition) is 3. The van der Waals surface area contributed by atoms with Crippen LogP contribution >= 0.6 is 0 Å². The third-order valence-corrected chi connectivity index (χ3v) is 5.96. The average Bonchev–Trinajstić information content (AvgIpc) is 3.33. The lowest BCUT2D eigenvalue weighted by Crippen LogP contribution is -2.41. The number of fused-ring (bicyclic) bond motifs is 1. The summed E-state index contributed by atoms with van der Waals surface area (Å²) in [7, 11) is 0. The summed E-state index contributed by atoms with van der Waals surface area (Å²) in [5.74, 6) is -0.0618. The molecule has 148 valence electrons. The molecule has 0 spiro atoms. The van der Waals surface area contributed by atoms with Gasteiger partial charge in [-0.05, 0) is 37.1 Å². The lowest BCUT2D eigenvalue weighted by molar-refractivity contribution is -0.121. The van der Waals surface area contributed by atoms with Gasteiger partial charge in [-0.1, -0.05) is 18.2 Å². The fraction of sp³-hybridized carbons (Fsp3) is 0.318. The summed E-state index contributed by atoms with van der Waals surface area (Å²) in [4.78, 5) is 28.3. The van der Waals surface area contributed by atoms with Gasteiger partial charge in [0.15, 0.2) is 0 Å². The van der Waals surface area contributed by atoms with Crippen LogP contribution in [-0.2, 0) is 4.79 Å². The molecule has 2 heterocycles. The first-order chi connectivity index (χ1) is 14.1. The van der Waals surface area contributed by atoms with Gasteiger partial charge in [0.2, 0.25) is 0 Å². The second-order valence-corrected chi connectivity index (χ2v) is 7.62. The number of amides is 2. The summed E-state index contributed by atoms with van der Waals surface area (Å²) < 4.78 is 15.8. The van der Waals surface area contributed by atoms with Gasteiger partial charge in [0, 0.05) is 37.4 Å². The average molecular weight is 392 g/mol. The van der Waals surface area contributed by atoms with Crippen molar-refractivity contribution in [3.05, 3.63) is 54.5 Å². The third-order valence-electron chi connectivity index (χ3n) is 5.96. The molecule has 2 aromatic carbocycles. The summed E-state index contributed by atoms with van der Waals surface area (Å²) >= 11 is 0. The number of rotatable bonds is 3. The van der Waals surface area contributed by atoms with Crippen LogP contribution in [0.5, 0.6) is 0 Å². The topological polar surface area (TPSA) is 58.4 Å². The zero-order valence-corrected chi connectivity index (χ0v) is 15.9. The van der Waals surface area contributed by atoms with Crippen molar-refractivity contribution < 1.29 is 14.0 Å². The first kappa shape index (κ1) is 17.8. The van der Waals surface area contributed by atoms with E-state index in [4.69, 9.17) is 0 Å². The molecular formula is C22H21FN4O2. The Morgan fingerprint density at radius 3 is 2.48 bits per heavy atom. The Bertz CT molecular complexity index is 1100. The summed E-state index contributed by atoms with van der Waals surface area (Å²) in [6, 6.07) is 12.3. The molecule has 6 nitrogen and oxygen atoms in total. The molecule has 0 bridgehead atoms. The summed E-state index contributed by atoms with van der Waals surface area (Å²) in [5, 5.41) is 5.20. The van der Waals surface area contributed by atoms with Crippen molar-refractivity contribution in [2.45, 2.75) is 31.7 Å². The maximum atomic E-state index is 14.3. The molecular weight excluding hydrogens is 371 g/mol. The first-order valence-electron chi connectivity index (χ1n) is 9.95. The minimum Gasteiger partial charge on any atom is -0.320 e. The molecule has 1 saturated carbocycles. The molecule has 29 heavy (non-hydrogen) atoms. The van der Waals surface area contributed by atoms with Gasteiger partial charge in [0.05, 0.1) is 17.4 Å². The molecule has 0 N–H and O–H groups in total. The van der Waals surface area contributed by atoms with Crippen molar-refractivity contribution in [2.75, 3.05) is 18.0 Å². The SMILES string of the molecule is O=C1CCC(N2CCN(c3cccc4c3cnn4-c3ccccc3F)C2=O)CC1. The monoisotopic (exact) mass is 392 g/mol. The number of hydrogen-bond donors (Lipinski definition) is 0. The van der Waals surface area contributed by atoms with E-state index in [1.54, 1.807) is 34.0 Å². The molecule has 1 saturated heterocycles. The van der Waals surface area contributed by atoms with Gasteiger partial charge in [-0.15, -0.1) is 0 Å². The van der Waals surface area contributed by atoms with Crippen molar-refractivity contribution in [1.82, 2.24) is 14.7 Å². The number of carbonyl (C=O) groups excluding carboxylic acids is 2. The molecule has 7 heteroatoms. The molecule has 0 atom stereocenters. The Hall–Kier alpha value is -3.22. The molecule has 0 unspecified atom stereocenters. The number of anilines is 1. The lowest BCUT2D eigenvalue weighted by Gasteiger charge is -2.30. The van der Waals surface area contributed by atoms with Crippen LogP contribution < -0.4 is 4.90 Å². The molecule has 5 rings (SSSR count). The van der Waals surface area contributed by atoms with E-state index in [-0.39, 0.29) is 23.7 Å². The molecule has 2 amide bonds. The fourth-order valence-electron chi connectivity index (χ4n) is 4.44. The lowest BCUT2D eigenvalue weighted by atomic mass is 9.93.